The monoisotopic (exact) mass is 479 g/mol. The first-order valence-corrected chi connectivity index (χ1v) is 9.82. The summed E-state index contributed by atoms with van der Waals surface area (Å²) in [5.74, 6) is 0. The van der Waals surface area contributed by atoms with Crippen LogP contribution in [0.25, 0.3) is 0 Å². The highest BCUT2D eigenvalue weighted by molar-refractivity contribution is 7.93. The standard InChI is InChI=1S/C15H8Cl4F3NO3S/c16-9-2-4-11(18)13(6-9)27(25,26)23(7-14(19)24)12-5-8(15(20,21)22)1-3-10(12)17/h1-6H,7H2. The second-order valence-corrected chi connectivity index (χ2v) is 8.61. The molecule has 0 fully saturated rings. The van der Waals surface area contributed by atoms with Gasteiger partial charge in [-0.1, -0.05) is 34.8 Å². The highest BCUT2D eigenvalue weighted by Gasteiger charge is 2.35. The molecule has 0 unspecified atom stereocenters. The number of anilines is 1. The van der Waals surface area contributed by atoms with Crippen LogP contribution in [0.2, 0.25) is 15.1 Å². The van der Waals surface area contributed by atoms with Crippen LogP contribution < -0.4 is 4.31 Å². The molecule has 0 heterocycles. The van der Waals surface area contributed by atoms with Gasteiger partial charge in [0.2, 0.25) is 5.24 Å². The maximum Gasteiger partial charge on any atom is 0.416 e. The molecule has 2 aromatic rings. The first kappa shape index (κ1) is 22.1. The molecule has 0 saturated carbocycles. The average molecular weight is 481 g/mol. The summed E-state index contributed by atoms with van der Waals surface area (Å²) >= 11 is 22.9. The Labute approximate surface area is 172 Å². The average Bonchev–Trinajstić information content (AvgIpc) is 2.54. The highest BCUT2D eigenvalue weighted by atomic mass is 35.5. The molecule has 0 atom stereocenters. The zero-order valence-electron chi connectivity index (χ0n) is 12.9. The largest absolute Gasteiger partial charge is 0.416 e. The van der Waals surface area contributed by atoms with Crippen molar-refractivity contribution in [3.63, 3.8) is 0 Å². The van der Waals surface area contributed by atoms with Crippen molar-refractivity contribution >= 4 is 67.4 Å². The van der Waals surface area contributed by atoms with Crippen molar-refractivity contribution in [1.29, 1.82) is 0 Å². The number of sulfonamides is 1. The predicted octanol–water partition coefficient (Wildman–Crippen LogP) is 5.63. The van der Waals surface area contributed by atoms with Crippen LogP contribution in [0.15, 0.2) is 41.3 Å². The van der Waals surface area contributed by atoms with Crippen molar-refractivity contribution in [2.75, 3.05) is 10.8 Å². The maximum atomic E-state index is 13.0. The van der Waals surface area contributed by atoms with Crippen LogP contribution in [0, 0.1) is 0 Å². The van der Waals surface area contributed by atoms with E-state index in [-0.39, 0.29) is 15.1 Å². The maximum absolute atomic E-state index is 13.0. The molecule has 2 rings (SSSR count). The summed E-state index contributed by atoms with van der Waals surface area (Å²) in [4.78, 5) is 10.9. The molecule has 0 aliphatic carbocycles. The number of nitrogens with zero attached hydrogens (tertiary/aromatic N) is 1. The minimum absolute atomic E-state index is 0.00487. The number of alkyl halides is 3. The van der Waals surface area contributed by atoms with E-state index < -0.39 is 44.1 Å². The molecule has 12 heteroatoms. The Bertz CT molecular complexity index is 996. The van der Waals surface area contributed by atoms with Crippen LogP contribution in [0.1, 0.15) is 5.56 Å². The third-order valence-electron chi connectivity index (χ3n) is 3.27. The van der Waals surface area contributed by atoms with Gasteiger partial charge in [-0.3, -0.25) is 9.10 Å². The van der Waals surface area contributed by atoms with Crippen LogP contribution in [0.5, 0.6) is 0 Å². The number of halogens is 7. The first-order valence-electron chi connectivity index (χ1n) is 6.87. The summed E-state index contributed by atoms with van der Waals surface area (Å²) in [7, 11) is -4.63. The number of hydrogen-bond donors (Lipinski definition) is 0. The highest BCUT2D eigenvalue weighted by Crippen LogP contribution is 2.38. The fourth-order valence-corrected chi connectivity index (χ4v) is 4.72. The number of hydrogen-bond acceptors (Lipinski definition) is 3. The van der Waals surface area contributed by atoms with Gasteiger partial charge in [-0.05, 0) is 48.0 Å². The lowest BCUT2D eigenvalue weighted by Crippen LogP contribution is -2.35. The fraction of sp³-hybridized carbons (Fsp3) is 0.133. The minimum Gasteiger partial charge on any atom is -0.279 e. The van der Waals surface area contributed by atoms with Crippen molar-refractivity contribution < 1.29 is 26.4 Å². The van der Waals surface area contributed by atoms with Crippen LogP contribution in [-0.4, -0.2) is 20.2 Å². The topological polar surface area (TPSA) is 54.5 Å². The number of benzene rings is 2. The van der Waals surface area contributed by atoms with Crippen LogP contribution >= 0.6 is 46.4 Å². The summed E-state index contributed by atoms with van der Waals surface area (Å²) in [6.45, 7) is -0.978. The van der Waals surface area contributed by atoms with Gasteiger partial charge in [0.1, 0.15) is 11.4 Å². The van der Waals surface area contributed by atoms with E-state index in [0.29, 0.717) is 16.4 Å². The normalized spacial score (nSPS) is 12.1. The number of carbonyl (C=O) groups is 1. The zero-order valence-corrected chi connectivity index (χ0v) is 16.7. The molecule has 0 aliphatic heterocycles. The molecule has 0 spiro atoms. The van der Waals surface area contributed by atoms with Crippen molar-refractivity contribution in [2.45, 2.75) is 11.1 Å². The Hall–Kier alpha value is -1.19. The summed E-state index contributed by atoms with van der Waals surface area (Å²) in [6.07, 6.45) is -4.77. The van der Waals surface area contributed by atoms with E-state index in [1.807, 2.05) is 0 Å². The van der Waals surface area contributed by atoms with Crippen LogP contribution in [0.3, 0.4) is 0 Å². The number of carbonyl (C=O) groups excluding carboxylic acids is 1. The smallest absolute Gasteiger partial charge is 0.279 e. The molecule has 0 saturated heterocycles. The van der Waals surface area contributed by atoms with Gasteiger partial charge in [0.05, 0.1) is 21.3 Å². The van der Waals surface area contributed by atoms with Gasteiger partial charge < -0.3 is 0 Å². The van der Waals surface area contributed by atoms with Gasteiger partial charge in [0.15, 0.2) is 0 Å². The van der Waals surface area contributed by atoms with Gasteiger partial charge in [-0.15, -0.1) is 0 Å². The van der Waals surface area contributed by atoms with Crippen molar-refractivity contribution in [1.82, 2.24) is 0 Å². The van der Waals surface area contributed by atoms with E-state index in [2.05, 4.69) is 0 Å². The Morgan fingerprint density at radius 2 is 1.59 bits per heavy atom. The molecule has 2 aromatic carbocycles. The molecule has 0 amide bonds. The Morgan fingerprint density at radius 1 is 1.00 bits per heavy atom. The Kier molecular flexibility index (Phi) is 6.59. The third kappa shape index (κ3) is 5.00. The van der Waals surface area contributed by atoms with Gasteiger partial charge >= 0.3 is 6.18 Å². The van der Waals surface area contributed by atoms with Crippen molar-refractivity contribution in [3.05, 3.63) is 57.0 Å². The molecule has 4 nitrogen and oxygen atoms in total. The van der Waals surface area contributed by atoms with Crippen molar-refractivity contribution in [2.24, 2.45) is 0 Å². The van der Waals surface area contributed by atoms with E-state index in [4.69, 9.17) is 46.4 Å². The van der Waals surface area contributed by atoms with Gasteiger partial charge in [0, 0.05) is 5.02 Å². The van der Waals surface area contributed by atoms with Gasteiger partial charge in [0.25, 0.3) is 10.0 Å². The van der Waals surface area contributed by atoms with Crippen LogP contribution in [-0.2, 0) is 21.0 Å². The van der Waals surface area contributed by atoms with E-state index >= 15 is 0 Å². The predicted molar refractivity (Wildman–Crippen MR) is 98.3 cm³/mol. The van der Waals surface area contributed by atoms with E-state index in [9.17, 15) is 26.4 Å². The second-order valence-electron chi connectivity index (χ2n) is 5.11. The molecule has 146 valence electrons. The van der Waals surface area contributed by atoms with E-state index in [1.54, 1.807) is 0 Å². The molecule has 0 aromatic heterocycles. The molecule has 0 radical (unpaired) electrons. The summed E-state index contributed by atoms with van der Waals surface area (Å²) in [5, 5.41) is -1.74. The summed E-state index contributed by atoms with van der Waals surface area (Å²) in [5.41, 5.74) is -1.75. The first-order chi connectivity index (χ1) is 12.3. The lowest BCUT2D eigenvalue weighted by Gasteiger charge is -2.25. The molecule has 27 heavy (non-hydrogen) atoms. The van der Waals surface area contributed by atoms with Gasteiger partial charge in [-0.2, -0.15) is 13.2 Å². The Balaban J connectivity index is 2.73. The van der Waals surface area contributed by atoms with E-state index in [0.717, 1.165) is 12.1 Å². The molecule has 0 bridgehead atoms. The van der Waals surface area contributed by atoms with Gasteiger partial charge in [-0.25, -0.2) is 8.42 Å². The van der Waals surface area contributed by atoms with Crippen molar-refractivity contribution in [3.8, 4) is 0 Å². The molecular formula is C15H8Cl4F3NO3S. The summed E-state index contributed by atoms with van der Waals surface area (Å²) < 4.78 is 65.4. The minimum atomic E-state index is -4.77. The molecule has 0 aliphatic rings. The lowest BCUT2D eigenvalue weighted by atomic mass is 10.2. The Morgan fingerprint density at radius 3 is 2.15 bits per heavy atom. The number of rotatable bonds is 5. The zero-order chi connectivity index (χ0) is 20.6. The summed E-state index contributed by atoms with van der Waals surface area (Å²) in [6, 6.07) is 5.53. The second kappa shape index (κ2) is 8.05. The lowest BCUT2D eigenvalue weighted by molar-refractivity contribution is -0.137. The van der Waals surface area contributed by atoms with E-state index in [1.165, 1.54) is 12.1 Å². The fourth-order valence-electron chi connectivity index (χ4n) is 2.09. The molecular weight excluding hydrogens is 473 g/mol. The SMILES string of the molecule is O=C(Cl)CN(c1cc(C(F)(F)F)ccc1Cl)S(=O)(=O)c1cc(Cl)ccc1Cl. The quantitative estimate of drug-likeness (QED) is 0.521. The van der Waals surface area contributed by atoms with Crippen LogP contribution in [0.4, 0.5) is 18.9 Å². The third-order valence-corrected chi connectivity index (χ3v) is 6.19. The molecule has 0 N–H and O–H groups in total.